The van der Waals surface area contributed by atoms with E-state index in [-0.39, 0.29) is 5.97 Å². The molecule has 0 saturated carbocycles. The van der Waals surface area contributed by atoms with Gasteiger partial charge in [-0.3, -0.25) is 0 Å². The Bertz CT molecular complexity index is 1940. The van der Waals surface area contributed by atoms with Crippen LogP contribution in [0.1, 0.15) is 356 Å². The molecule has 0 aromatic heterocycles. The topological polar surface area (TPSA) is 50.8 Å². The zero-order valence-electron chi connectivity index (χ0n) is 52.0. The van der Waals surface area contributed by atoms with E-state index in [1.165, 1.54) is 307 Å². The molecule has 5 rings (SSSR count). The minimum atomic E-state index is -1.05. The molecule has 79 heavy (non-hydrogen) atoms. The Morgan fingerprint density at radius 2 is 0.709 bits per heavy atom. The first-order valence-electron chi connectivity index (χ1n) is 34.9. The lowest BCUT2D eigenvalue weighted by Crippen LogP contribution is -2.33. The number of nitrogens with zero attached hydrogens (tertiary/aromatic N) is 1. The normalized spacial score (nSPS) is 14.3. The van der Waals surface area contributed by atoms with Gasteiger partial charge in [-0.05, 0) is 49.6 Å². The fourth-order valence-electron chi connectivity index (χ4n) is 12.9. The molecule has 5 heteroatoms. The molecule has 2 aliphatic rings. The second-order valence-corrected chi connectivity index (χ2v) is 24.9. The van der Waals surface area contributed by atoms with Gasteiger partial charge in [0.25, 0.3) is 0 Å². The molecule has 0 saturated heterocycles. The predicted molar refractivity (Wildman–Crippen MR) is 344 cm³/mol. The summed E-state index contributed by atoms with van der Waals surface area (Å²) in [6, 6.07) is 21.2. The molecule has 446 valence electrons. The smallest absolute Gasteiger partial charge is 0.340 e. The molecule has 0 radical (unpaired) electrons. The molecule has 1 spiro atoms. The van der Waals surface area contributed by atoms with E-state index in [9.17, 15) is 4.79 Å². The van der Waals surface area contributed by atoms with Crippen LogP contribution in [0.5, 0.6) is 11.5 Å². The second-order valence-electron chi connectivity index (χ2n) is 24.9. The highest BCUT2D eigenvalue weighted by Gasteiger charge is 2.53. The minimum absolute atomic E-state index is 0.266. The number of rotatable bonds is 53. The minimum Gasteiger partial charge on any atom is -0.456 e. The van der Waals surface area contributed by atoms with Gasteiger partial charge in [0, 0.05) is 59.8 Å². The third-order valence-corrected chi connectivity index (χ3v) is 18.0. The lowest BCUT2D eigenvalue weighted by atomic mass is 9.77. The molecular formula is C74H122N2O3. The SMILES string of the molecule is CCCCCCCCCCCCCCCCCCNc1ccc2c(c1)Oc1cc(N(CCCCCCCCCCCCCCCCCC)CCCCCCCCCCCCCCCCCC)ccc1C21OC(=O)c2ccccc21. The van der Waals surface area contributed by atoms with Crippen LogP contribution < -0.4 is 15.0 Å². The van der Waals surface area contributed by atoms with Gasteiger partial charge in [-0.25, -0.2) is 4.79 Å². The molecular weight excluding hydrogens is 965 g/mol. The number of nitrogens with one attached hydrogen (secondary N) is 1. The summed E-state index contributed by atoms with van der Waals surface area (Å²) in [5, 5.41) is 3.74. The maximum absolute atomic E-state index is 13.8. The van der Waals surface area contributed by atoms with Crippen molar-refractivity contribution in [1.82, 2.24) is 0 Å². The summed E-state index contributed by atoms with van der Waals surface area (Å²) in [5.41, 5.74) is 4.59. The number of hydrogen-bond donors (Lipinski definition) is 1. The molecule has 3 aromatic rings. The summed E-state index contributed by atoms with van der Waals surface area (Å²) in [5.74, 6) is 1.31. The quantitative estimate of drug-likeness (QED) is 0.0451. The van der Waals surface area contributed by atoms with E-state index in [2.05, 4.69) is 73.5 Å². The first kappa shape index (κ1) is 66.3. The first-order chi connectivity index (χ1) is 39.1. The number of hydrogen-bond acceptors (Lipinski definition) is 5. The molecule has 0 fully saturated rings. The molecule has 0 aliphatic carbocycles. The van der Waals surface area contributed by atoms with Gasteiger partial charge in [-0.15, -0.1) is 0 Å². The van der Waals surface area contributed by atoms with E-state index in [4.69, 9.17) is 9.47 Å². The Morgan fingerprint density at radius 1 is 0.367 bits per heavy atom. The Balaban J connectivity index is 1.12. The highest BCUT2D eigenvalue weighted by molar-refractivity contribution is 5.97. The lowest BCUT2D eigenvalue weighted by molar-refractivity contribution is 0.0224. The molecule has 5 nitrogen and oxygen atoms in total. The van der Waals surface area contributed by atoms with Crippen LogP contribution in [-0.2, 0) is 10.3 Å². The average Bonchev–Trinajstić information content (AvgIpc) is 3.87. The van der Waals surface area contributed by atoms with Gasteiger partial charge in [0.15, 0.2) is 5.60 Å². The number of benzene rings is 3. The molecule has 0 bridgehead atoms. The van der Waals surface area contributed by atoms with E-state index in [1.807, 2.05) is 18.2 Å². The van der Waals surface area contributed by atoms with Crippen molar-refractivity contribution in [2.24, 2.45) is 0 Å². The van der Waals surface area contributed by atoms with Gasteiger partial charge in [-0.1, -0.05) is 328 Å². The average molecular weight is 1090 g/mol. The van der Waals surface area contributed by atoms with Crippen molar-refractivity contribution in [2.75, 3.05) is 29.9 Å². The van der Waals surface area contributed by atoms with Gasteiger partial charge >= 0.3 is 5.97 Å². The molecule has 2 aliphatic heterocycles. The Morgan fingerprint density at radius 3 is 1.11 bits per heavy atom. The van der Waals surface area contributed by atoms with Gasteiger partial charge in [0.2, 0.25) is 0 Å². The number of unbranched alkanes of at least 4 members (excludes halogenated alkanes) is 45. The van der Waals surface area contributed by atoms with Crippen molar-refractivity contribution in [1.29, 1.82) is 0 Å². The summed E-state index contributed by atoms with van der Waals surface area (Å²) in [6.45, 7) is 9.97. The van der Waals surface area contributed by atoms with Crippen LogP contribution in [0.3, 0.4) is 0 Å². The summed E-state index contributed by atoms with van der Waals surface area (Å²) >= 11 is 0. The van der Waals surface area contributed by atoms with E-state index in [0.717, 1.165) is 59.9 Å². The summed E-state index contributed by atoms with van der Waals surface area (Å²) in [4.78, 5) is 16.4. The van der Waals surface area contributed by atoms with Crippen LogP contribution >= 0.6 is 0 Å². The van der Waals surface area contributed by atoms with Crippen molar-refractivity contribution in [3.8, 4) is 11.5 Å². The number of carbonyl (C=O) groups is 1. The number of carbonyl (C=O) groups excluding carboxylic acids is 1. The third kappa shape index (κ3) is 25.7. The second kappa shape index (κ2) is 43.2. The standard InChI is InChI=1S/C74H122N2O3/c1-4-7-10-13-16-19-22-25-28-31-34-37-40-43-46-51-60-75-65-56-58-69-71(63-65)78-72-64-66(57-59-70(72)74(69)68-55-50-49-54-67(68)73(77)79-74)76(61-52-47-44-41-38-35-32-29-26-23-20-17-14-11-8-5-2)62-53-48-45-42-39-36-33-30-27-24-21-18-15-12-9-6-3/h49-50,54-59,63-64,75H,4-48,51-53,60-62H2,1-3H3. The monoisotopic (exact) mass is 1090 g/mol. The van der Waals surface area contributed by atoms with E-state index in [1.54, 1.807) is 0 Å². The van der Waals surface area contributed by atoms with Crippen LogP contribution in [0.4, 0.5) is 11.4 Å². The zero-order chi connectivity index (χ0) is 55.5. The highest BCUT2D eigenvalue weighted by atomic mass is 16.6. The Kier molecular flexibility index (Phi) is 36.3. The van der Waals surface area contributed by atoms with E-state index < -0.39 is 5.60 Å². The molecule has 1 N–H and O–H groups in total. The van der Waals surface area contributed by atoms with Crippen molar-refractivity contribution >= 4 is 17.3 Å². The molecule has 1 unspecified atom stereocenters. The van der Waals surface area contributed by atoms with E-state index in [0.29, 0.717) is 5.56 Å². The Labute approximate surface area is 488 Å². The highest BCUT2D eigenvalue weighted by Crippen LogP contribution is 2.57. The number of esters is 1. The third-order valence-electron chi connectivity index (χ3n) is 18.0. The Hall–Kier alpha value is -3.47. The first-order valence-corrected chi connectivity index (χ1v) is 34.9. The van der Waals surface area contributed by atoms with Crippen molar-refractivity contribution in [3.63, 3.8) is 0 Å². The predicted octanol–water partition coefficient (Wildman–Crippen LogP) is 24.3. The van der Waals surface area contributed by atoms with Crippen molar-refractivity contribution < 1.29 is 14.3 Å². The van der Waals surface area contributed by atoms with Crippen LogP contribution in [0.25, 0.3) is 0 Å². The van der Waals surface area contributed by atoms with Crippen LogP contribution in [0.15, 0.2) is 60.7 Å². The molecule has 3 aromatic carbocycles. The fourth-order valence-corrected chi connectivity index (χ4v) is 12.9. The van der Waals surface area contributed by atoms with Gasteiger partial charge in [0.05, 0.1) is 5.56 Å². The maximum Gasteiger partial charge on any atom is 0.340 e. The zero-order valence-corrected chi connectivity index (χ0v) is 52.0. The number of fused-ring (bicyclic) bond motifs is 6. The van der Waals surface area contributed by atoms with Gasteiger partial charge < -0.3 is 19.7 Å². The molecule has 1 atom stereocenters. The fraction of sp³-hybridized carbons (Fsp3) is 0.743. The van der Waals surface area contributed by atoms with Gasteiger partial charge in [-0.2, -0.15) is 0 Å². The van der Waals surface area contributed by atoms with Crippen molar-refractivity contribution in [3.05, 3.63) is 82.9 Å². The number of ether oxygens (including phenoxy) is 2. The largest absolute Gasteiger partial charge is 0.456 e. The van der Waals surface area contributed by atoms with Crippen molar-refractivity contribution in [2.45, 2.75) is 335 Å². The van der Waals surface area contributed by atoms with Gasteiger partial charge in [0.1, 0.15) is 11.5 Å². The summed E-state index contributed by atoms with van der Waals surface area (Å²) in [7, 11) is 0. The maximum atomic E-state index is 13.8. The lowest BCUT2D eigenvalue weighted by Gasteiger charge is -2.37. The molecule has 0 amide bonds. The van der Waals surface area contributed by atoms with Crippen LogP contribution in [0.2, 0.25) is 0 Å². The number of anilines is 2. The van der Waals surface area contributed by atoms with Crippen LogP contribution in [-0.4, -0.2) is 25.6 Å². The molecule has 2 heterocycles. The van der Waals surface area contributed by atoms with Crippen LogP contribution in [0, 0.1) is 0 Å². The summed E-state index contributed by atoms with van der Waals surface area (Å²) < 4.78 is 13.6. The summed E-state index contributed by atoms with van der Waals surface area (Å²) in [6.07, 6.45) is 66.4. The van der Waals surface area contributed by atoms with E-state index >= 15 is 0 Å².